The van der Waals surface area contributed by atoms with Gasteiger partial charge >= 0.3 is 5.97 Å². The molecule has 0 bridgehead atoms. The minimum absolute atomic E-state index is 0.0146. The summed E-state index contributed by atoms with van der Waals surface area (Å²) in [5, 5.41) is 9.33. The Bertz CT molecular complexity index is 691. The van der Waals surface area contributed by atoms with Gasteiger partial charge in [-0.1, -0.05) is 0 Å². The molecular formula is C13H14N2O4. The molecule has 6 heteroatoms. The van der Waals surface area contributed by atoms with Crippen LogP contribution in [0.2, 0.25) is 0 Å². The third-order valence-electron chi connectivity index (χ3n) is 2.82. The molecule has 0 aliphatic carbocycles. The number of rotatable bonds is 4. The topological polar surface area (TPSA) is 81.4 Å². The summed E-state index contributed by atoms with van der Waals surface area (Å²) in [6, 6.07) is 2.76. The third-order valence-corrected chi connectivity index (χ3v) is 2.82. The Balaban J connectivity index is 2.79. The largest absolute Gasteiger partial charge is 0.478 e. The summed E-state index contributed by atoms with van der Waals surface area (Å²) in [4.78, 5) is 27.4. The maximum atomic E-state index is 11.9. The predicted octanol–water partition coefficient (Wildman–Crippen LogP) is 1.05. The summed E-state index contributed by atoms with van der Waals surface area (Å²) in [5.74, 6) is -1.13. The number of pyridine rings is 2. The summed E-state index contributed by atoms with van der Waals surface area (Å²) in [6.45, 7) is 2.66. The number of nitrogens with zero attached hydrogens (tertiary/aromatic N) is 2. The molecule has 0 spiro atoms. The van der Waals surface area contributed by atoms with Crippen LogP contribution in [0, 0.1) is 6.92 Å². The number of aromatic carboxylic acids is 1. The van der Waals surface area contributed by atoms with Gasteiger partial charge in [-0.05, 0) is 13.0 Å². The lowest BCUT2D eigenvalue weighted by Crippen LogP contribution is -2.16. The number of carboxylic acids is 1. The van der Waals surface area contributed by atoms with Crippen molar-refractivity contribution in [2.45, 2.75) is 13.5 Å². The molecule has 0 aliphatic heterocycles. The fraction of sp³-hybridized carbons (Fsp3) is 0.308. The molecule has 0 aromatic carbocycles. The van der Waals surface area contributed by atoms with E-state index in [1.165, 1.54) is 12.1 Å². The summed E-state index contributed by atoms with van der Waals surface area (Å²) >= 11 is 0. The SMILES string of the molecule is COCCn1ccc(=O)c2c(C(=O)O)cc(C)nc21. The van der Waals surface area contributed by atoms with Crippen LogP contribution < -0.4 is 5.43 Å². The molecule has 2 heterocycles. The third kappa shape index (κ3) is 2.48. The summed E-state index contributed by atoms with van der Waals surface area (Å²) in [5.41, 5.74) is 0.580. The minimum Gasteiger partial charge on any atom is -0.478 e. The number of aromatic nitrogens is 2. The molecule has 0 fully saturated rings. The first kappa shape index (κ1) is 13.2. The van der Waals surface area contributed by atoms with Gasteiger partial charge < -0.3 is 14.4 Å². The van der Waals surface area contributed by atoms with E-state index in [-0.39, 0.29) is 16.4 Å². The van der Waals surface area contributed by atoms with Crippen LogP contribution in [0.15, 0.2) is 23.1 Å². The van der Waals surface area contributed by atoms with Gasteiger partial charge in [0.1, 0.15) is 5.65 Å². The lowest BCUT2D eigenvalue weighted by atomic mass is 10.1. The summed E-state index contributed by atoms with van der Waals surface area (Å²) in [7, 11) is 1.58. The molecule has 0 saturated heterocycles. The van der Waals surface area contributed by atoms with E-state index in [2.05, 4.69) is 4.98 Å². The van der Waals surface area contributed by atoms with Crippen molar-refractivity contribution in [3.63, 3.8) is 0 Å². The standard InChI is InChI=1S/C13H14N2O4/c1-8-7-9(13(17)18)11-10(16)3-4-15(5-6-19-2)12(11)14-8/h3-4,7H,5-6H2,1-2H3,(H,17,18). The Morgan fingerprint density at radius 1 is 1.53 bits per heavy atom. The van der Waals surface area contributed by atoms with Crippen molar-refractivity contribution >= 4 is 17.0 Å². The normalized spacial score (nSPS) is 10.8. The van der Waals surface area contributed by atoms with Gasteiger partial charge in [0.15, 0.2) is 5.43 Å². The van der Waals surface area contributed by atoms with Gasteiger partial charge in [0.25, 0.3) is 0 Å². The van der Waals surface area contributed by atoms with E-state index in [0.29, 0.717) is 24.5 Å². The van der Waals surface area contributed by atoms with Gasteiger partial charge in [-0.15, -0.1) is 0 Å². The molecular weight excluding hydrogens is 248 g/mol. The zero-order chi connectivity index (χ0) is 14.0. The molecule has 0 saturated carbocycles. The molecule has 0 radical (unpaired) electrons. The van der Waals surface area contributed by atoms with Gasteiger partial charge in [0.05, 0.1) is 17.6 Å². The first-order chi connectivity index (χ1) is 9.04. The van der Waals surface area contributed by atoms with Crippen molar-refractivity contribution in [1.82, 2.24) is 9.55 Å². The fourth-order valence-electron chi connectivity index (χ4n) is 1.96. The number of hydrogen-bond acceptors (Lipinski definition) is 4. The molecule has 100 valence electrons. The zero-order valence-corrected chi connectivity index (χ0v) is 10.7. The van der Waals surface area contributed by atoms with Crippen molar-refractivity contribution < 1.29 is 14.6 Å². The van der Waals surface area contributed by atoms with Crippen LogP contribution in [0.5, 0.6) is 0 Å². The van der Waals surface area contributed by atoms with Gasteiger partial charge in [0.2, 0.25) is 0 Å². The molecule has 19 heavy (non-hydrogen) atoms. The second-order valence-corrected chi connectivity index (χ2v) is 4.18. The van der Waals surface area contributed by atoms with Crippen LogP contribution >= 0.6 is 0 Å². The number of hydrogen-bond donors (Lipinski definition) is 1. The molecule has 0 atom stereocenters. The first-order valence-electron chi connectivity index (χ1n) is 5.77. The Labute approximate surface area is 109 Å². The minimum atomic E-state index is -1.13. The molecule has 2 rings (SSSR count). The second kappa shape index (κ2) is 5.19. The number of methoxy groups -OCH3 is 1. The van der Waals surface area contributed by atoms with Crippen molar-refractivity contribution in [3.05, 3.63) is 39.8 Å². The van der Waals surface area contributed by atoms with Crippen LogP contribution in [0.3, 0.4) is 0 Å². The van der Waals surface area contributed by atoms with Gasteiger partial charge in [-0.2, -0.15) is 0 Å². The van der Waals surface area contributed by atoms with E-state index >= 15 is 0 Å². The van der Waals surface area contributed by atoms with E-state index in [0.717, 1.165) is 0 Å². The Kier molecular flexibility index (Phi) is 3.62. The fourth-order valence-corrected chi connectivity index (χ4v) is 1.96. The smallest absolute Gasteiger partial charge is 0.336 e. The zero-order valence-electron chi connectivity index (χ0n) is 10.7. The predicted molar refractivity (Wildman–Crippen MR) is 69.6 cm³/mol. The monoisotopic (exact) mass is 262 g/mol. The van der Waals surface area contributed by atoms with Gasteiger partial charge in [0, 0.05) is 31.6 Å². The van der Waals surface area contributed by atoms with Gasteiger partial charge in [-0.3, -0.25) is 4.79 Å². The Hall–Kier alpha value is -2.21. The van der Waals surface area contributed by atoms with Crippen molar-refractivity contribution in [2.24, 2.45) is 0 Å². The average Bonchev–Trinajstić information content (AvgIpc) is 2.37. The lowest BCUT2D eigenvalue weighted by Gasteiger charge is -2.11. The lowest BCUT2D eigenvalue weighted by molar-refractivity contribution is 0.0698. The van der Waals surface area contributed by atoms with E-state index in [9.17, 15) is 14.7 Å². The summed E-state index contributed by atoms with van der Waals surface area (Å²) < 4.78 is 6.71. The van der Waals surface area contributed by atoms with Crippen LogP contribution in [-0.2, 0) is 11.3 Å². The highest BCUT2D eigenvalue weighted by atomic mass is 16.5. The number of ether oxygens (including phenoxy) is 1. The Morgan fingerprint density at radius 2 is 2.26 bits per heavy atom. The molecule has 2 aromatic rings. The second-order valence-electron chi connectivity index (χ2n) is 4.18. The van der Waals surface area contributed by atoms with Crippen LogP contribution in [0.4, 0.5) is 0 Å². The number of carbonyl (C=O) groups is 1. The molecule has 0 amide bonds. The summed E-state index contributed by atoms with van der Waals surface area (Å²) in [6.07, 6.45) is 1.60. The number of fused-ring (bicyclic) bond motifs is 1. The van der Waals surface area contributed by atoms with E-state index in [1.54, 1.807) is 24.8 Å². The van der Waals surface area contributed by atoms with Crippen LogP contribution in [-0.4, -0.2) is 34.3 Å². The Morgan fingerprint density at radius 3 is 2.89 bits per heavy atom. The van der Waals surface area contributed by atoms with E-state index in [4.69, 9.17) is 4.74 Å². The van der Waals surface area contributed by atoms with Gasteiger partial charge in [-0.25, -0.2) is 9.78 Å². The molecule has 1 N–H and O–H groups in total. The van der Waals surface area contributed by atoms with Crippen LogP contribution in [0.1, 0.15) is 16.1 Å². The highest BCUT2D eigenvalue weighted by molar-refractivity contribution is 6.01. The highest BCUT2D eigenvalue weighted by Crippen LogP contribution is 2.15. The first-order valence-corrected chi connectivity index (χ1v) is 5.77. The molecule has 0 unspecified atom stereocenters. The number of carboxylic acid groups (broad SMARTS) is 1. The van der Waals surface area contributed by atoms with Crippen molar-refractivity contribution in [1.29, 1.82) is 0 Å². The quantitative estimate of drug-likeness (QED) is 0.890. The van der Waals surface area contributed by atoms with E-state index in [1.807, 2.05) is 0 Å². The van der Waals surface area contributed by atoms with Crippen LogP contribution in [0.25, 0.3) is 11.0 Å². The molecule has 2 aromatic heterocycles. The maximum Gasteiger partial charge on any atom is 0.336 e. The maximum absolute atomic E-state index is 11.9. The molecule has 0 aliphatic rings. The molecule has 6 nitrogen and oxygen atoms in total. The van der Waals surface area contributed by atoms with E-state index < -0.39 is 5.97 Å². The van der Waals surface area contributed by atoms with Crippen molar-refractivity contribution in [2.75, 3.05) is 13.7 Å². The highest BCUT2D eigenvalue weighted by Gasteiger charge is 2.15. The average molecular weight is 262 g/mol. The number of aryl methyl sites for hydroxylation is 1. The van der Waals surface area contributed by atoms with Crippen molar-refractivity contribution in [3.8, 4) is 0 Å².